The van der Waals surface area contributed by atoms with Gasteiger partial charge in [0.15, 0.2) is 0 Å². The lowest BCUT2D eigenvalue weighted by molar-refractivity contribution is 0.0746. The van der Waals surface area contributed by atoms with Crippen LogP contribution in [0.25, 0.3) is 0 Å². The molecule has 0 radical (unpaired) electrons. The van der Waals surface area contributed by atoms with Gasteiger partial charge in [0.25, 0.3) is 5.91 Å². The molecule has 2 aromatic rings. The lowest BCUT2D eigenvalue weighted by atomic mass is 10.1. The number of ether oxygens (including phenoxy) is 1. The molecule has 1 saturated heterocycles. The fraction of sp³-hybridized carbons (Fsp3) is 0.278. The Balaban J connectivity index is 1.65. The Morgan fingerprint density at radius 2 is 1.88 bits per heavy atom. The average molecular weight is 349 g/mol. The van der Waals surface area contributed by atoms with Gasteiger partial charge in [0.05, 0.1) is 12.1 Å². The van der Waals surface area contributed by atoms with Crippen molar-refractivity contribution in [1.82, 2.24) is 4.90 Å². The smallest absolute Gasteiger partial charge is 0.254 e. The molecule has 0 aliphatic carbocycles. The number of carbonyl (C=O) groups is 1. The first-order chi connectivity index (χ1) is 11.6. The van der Waals surface area contributed by atoms with Gasteiger partial charge in [-0.25, -0.2) is 4.39 Å². The second kappa shape index (κ2) is 7.09. The first kappa shape index (κ1) is 16.6. The van der Waals surface area contributed by atoms with Crippen LogP contribution in [-0.2, 0) is 0 Å². The molecule has 4 nitrogen and oxygen atoms in total. The van der Waals surface area contributed by atoms with Crippen LogP contribution in [0.15, 0.2) is 42.5 Å². The zero-order valence-corrected chi connectivity index (χ0v) is 14.1. The standard InChI is InChI=1S/C18H18ClFN2O2/c1-24-17-6-5-15(12-16(17)19)21-7-9-22(10-8-21)18(23)13-3-2-4-14(20)11-13/h2-6,11-12H,7-10H2,1H3. The molecule has 0 bridgehead atoms. The van der Waals surface area contributed by atoms with Crippen molar-refractivity contribution in [3.63, 3.8) is 0 Å². The highest BCUT2D eigenvalue weighted by molar-refractivity contribution is 6.32. The van der Waals surface area contributed by atoms with Crippen molar-refractivity contribution in [3.8, 4) is 5.75 Å². The number of anilines is 1. The molecular formula is C18H18ClFN2O2. The lowest BCUT2D eigenvalue weighted by Crippen LogP contribution is -2.48. The molecule has 1 amide bonds. The summed E-state index contributed by atoms with van der Waals surface area (Å²) in [5.74, 6) is 0.106. The van der Waals surface area contributed by atoms with E-state index in [0.29, 0.717) is 42.5 Å². The van der Waals surface area contributed by atoms with Crippen molar-refractivity contribution >= 4 is 23.2 Å². The summed E-state index contributed by atoms with van der Waals surface area (Å²) in [7, 11) is 1.58. The van der Waals surface area contributed by atoms with Crippen molar-refractivity contribution in [1.29, 1.82) is 0 Å². The summed E-state index contributed by atoms with van der Waals surface area (Å²) in [5, 5.41) is 0.563. The highest BCUT2D eigenvalue weighted by Crippen LogP contribution is 2.29. The van der Waals surface area contributed by atoms with Crippen molar-refractivity contribution in [2.24, 2.45) is 0 Å². The molecule has 6 heteroatoms. The Hall–Kier alpha value is -2.27. The van der Waals surface area contributed by atoms with Gasteiger partial charge in [0.1, 0.15) is 11.6 Å². The number of hydrogen-bond acceptors (Lipinski definition) is 3. The van der Waals surface area contributed by atoms with Gasteiger partial charge in [-0.2, -0.15) is 0 Å². The molecule has 3 rings (SSSR count). The minimum Gasteiger partial charge on any atom is -0.495 e. The molecule has 1 fully saturated rings. The second-order valence-corrected chi connectivity index (χ2v) is 6.02. The third kappa shape index (κ3) is 3.46. The Kier molecular flexibility index (Phi) is 4.90. The average Bonchev–Trinajstić information content (AvgIpc) is 2.61. The van der Waals surface area contributed by atoms with E-state index in [1.165, 1.54) is 12.1 Å². The van der Waals surface area contributed by atoms with E-state index in [9.17, 15) is 9.18 Å². The van der Waals surface area contributed by atoms with Crippen molar-refractivity contribution in [2.75, 3.05) is 38.2 Å². The summed E-state index contributed by atoms with van der Waals surface area (Å²) < 4.78 is 18.4. The molecule has 0 unspecified atom stereocenters. The highest BCUT2D eigenvalue weighted by Gasteiger charge is 2.23. The zero-order chi connectivity index (χ0) is 17.1. The van der Waals surface area contributed by atoms with Crippen LogP contribution in [0.5, 0.6) is 5.75 Å². The number of rotatable bonds is 3. The summed E-state index contributed by atoms with van der Waals surface area (Å²) in [5.41, 5.74) is 1.38. The third-order valence-electron chi connectivity index (χ3n) is 4.14. The normalized spacial score (nSPS) is 14.6. The van der Waals surface area contributed by atoms with E-state index in [1.807, 2.05) is 18.2 Å². The van der Waals surface area contributed by atoms with E-state index in [4.69, 9.17) is 16.3 Å². The Bertz CT molecular complexity index is 746. The molecule has 0 atom stereocenters. The minimum absolute atomic E-state index is 0.137. The predicted octanol–water partition coefficient (Wildman–Crippen LogP) is 3.45. The summed E-state index contributed by atoms with van der Waals surface area (Å²) in [6.45, 7) is 2.56. The van der Waals surface area contributed by atoms with Crippen LogP contribution < -0.4 is 9.64 Å². The van der Waals surface area contributed by atoms with Crippen LogP contribution in [0.3, 0.4) is 0 Å². The third-order valence-corrected chi connectivity index (χ3v) is 4.43. The SMILES string of the molecule is COc1ccc(N2CCN(C(=O)c3cccc(F)c3)CC2)cc1Cl. The van der Waals surface area contributed by atoms with Gasteiger partial charge in [-0.1, -0.05) is 17.7 Å². The van der Waals surface area contributed by atoms with E-state index >= 15 is 0 Å². The number of piperazine rings is 1. The molecule has 0 N–H and O–H groups in total. The second-order valence-electron chi connectivity index (χ2n) is 5.61. The summed E-state index contributed by atoms with van der Waals surface area (Å²) in [6, 6.07) is 11.5. The topological polar surface area (TPSA) is 32.8 Å². The number of methoxy groups -OCH3 is 1. The van der Waals surface area contributed by atoms with Gasteiger partial charge < -0.3 is 14.5 Å². The quantitative estimate of drug-likeness (QED) is 0.851. The summed E-state index contributed by atoms with van der Waals surface area (Å²) in [4.78, 5) is 16.3. The largest absolute Gasteiger partial charge is 0.495 e. The minimum atomic E-state index is -0.396. The van der Waals surface area contributed by atoms with Gasteiger partial charge in [-0.3, -0.25) is 4.79 Å². The Morgan fingerprint density at radius 3 is 2.50 bits per heavy atom. The van der Waals surface area contributed by atoms with Gasteiger partial charge in [0, 0.05) is 37.4 Å². The van der Waals surface area contributed by atoms with E-state index in [1.54, 1.807) is 24.1 Å². The number of halogens is 2. The zero-order valence-electron chi connectivity index (χ0n) is 13.3. The Morgan fingerprint density at radius 1 is 1.12 bits per heavy atom. The van der Waals surface area contributed by atoms with Crippen molar-refractivity contribution in [2.45, 2.75) is 0 Å². The first-order valence-electron chi connectivity index (χ1n) is 7.72. The number of nitrogens with zero attached hydrogens (tertiary/aromatic N) is 2. The van der Waals surface area contributed by atoms with Gasteiger partial charge in [-0.05, 0) is 36.4 Å². The summed E-state index contributed by atoms with van der Waals surface area (Å²) in [6.07, 6.45) is 0. The van der Waals surface area contributed by atoms with Gasteiger partial charge in [-0.15, -0.1) is 0 Å². The maximum atomic E-state index is 13.3. The molecule has 1 aliphatic heterocycles. The van der Waals surface area contributed by atoms with E-state index in [-0.39, 0.29) is 5.91 Å². The molecule has 2 aromatic carbocycles. The number of carbonyl (C=O) groups excluding carboxylic acids is 1. The van der Waals surface area contributed by atoms with Crippen LogP contribution >= 0.6 is 11.6 Å². The van der Waals surface area contributed by atoms with Gasteiger partial charge >= 0.3 is 0 Å². The number of amides is 1. The van der Waals surface area contributed by atoms with Crippen LogP contribution in [0.2, 0.25) is 5.02 Å². The molecule has 0 spiro atoms. The highest BCUT2D eigenvalue weighted by atomic mass is 35.5. The number of benzene rings is 2. The maximum absolute atomic E-state index is 13.3. The van der Waals surface area contributed by atoms with Crippen LogP contribution in [0.4, 0.5) is 10.1 Å². The van der Waals surface area contributed by atoms with Crippen molar-refractivity contribution in [3.05, 3.63) is 58.9 Å². The fourth-order valence-electron chi connectivity index (χ4n) is 2.82. The maximum Gasteiger partial charge on any atom is 0.254 e. The van der Waals surface area contributed by atoms with Crippen LogP contribution in [-0.4, -0.2) is 44.1 Å². The van der Waals surface area contributed by atoms with Crippen molar-refractivity contribution < 1.29 is 13.9 Å². The molecular weight excluding hydrogens is 331 g/mol. The van der Waals surface area contributed by atoms with E-state index in [2.05, 4.69) is 4.90 Å². The van der Waals surface area contributed by atoms with Gasteiger partial charge in [0.2, 0.25) is 0 Å². The van der Waals surface area contributed by atoms with E-state index < -0.39 is 5.82 Å². The summed E-state index contributed by atoms with van der Waals surface area (Å²) >= 11 is 6.17. The monoisotopic (exact) mass is 348 g/mol. The predicted molar refractivity (Wildman–Crippen MR) is 92.5 cm³/mol. The first-order valence-corrected chi connectivity index (χ1v) is 8.09. The van der Waals surface area contributed by atoms with E-state index in [0.717, 1.165) is 5.69 Å². The van der Waals surface area contributed by atoms with Crippen LogP contribution in [0, 0.1) is 5.82 Å². The fourth-order valence-corrected chi connectivity index (χ4v) is 3.08. The van der Waals surface area contributed by atoms with Crippen LogP contribution in [0.1, 0.15) is 10.4 Å². The molecule has 1 aliphatic rings. The Labute approximate surface area is 145 Å². The molecule has 1 heterocycles. The lowest BCUT2D eigenvalue weighted by Gasteiger charge is -2.36. The molecule has 0 saturated carbocycles. The molecule has 0 aromatic heterocycles. The number of hydrogen-bond donors (Lipinski definition) is 0. The molecule has 24 heavy (non-hydrogen) atoms. The molecule has 126 valence electrons.